The van der Waals surface area contributed by atoms with Gasteiger partial charge in [0, 0.05) is 6.42 Å². The van der Waals surface area contributed by atoms with E-state index in [0.29, 0.717) is 13.0 Å². The highest BCUT2D eigenvalue weighted by molar-refractivity contribution is 5.69. The Hall–Kier alpha value is -0.790. The Bertz CT molecular complexity index is 301. The normalized spacial score (nSPS) is 12.9. The number of hydrogen-bond acceptors (Lipinski definition) is 2. The Balaban J connectivity index is 4.19. The molecule has 0 atom stereocenters. The molecule has 0 aromatic carbocycles. The third-order valence-electron chi connectivity index (χ3n) is 3.67. The molecule has 2 nitrogen and oxygen atoms in total. The summed E-state index contributed by atoms with van der Waals surface area (Å²) in [6.45, 7) is 13.6. The first-order valence-electron chi connectivity index (χ1n) is 8.08. The molecule has 0 saturated heterocycles. The molecule has 0 unspecified atom stereocenters. The van der Waals surface area contributed by atoms with Crippen molar-refractivity contribution in [2.45, 2.75) is 80.1 Å². The van der Waals surface area contributed by atoms with Gasteiger partial charge in [0.25, 0.3) is 0 Å². The first-order chi connectivity index (χ1) is 9.22. The third kappa shape index (κ3) is 10.1. The number of esters is 1. The molecule has 0 saturated carbocycles. The third-order valence-corrected chi connectivity index (χ3v) is 3.67. The van der Waals surface area contributed by atoms with Gasteiger partial charge in [0.2, 0.25) is 0 Å². The van der Waals surface area contributed by atoms with Crippen molar-refractivity contribution < 1.29 is 9.53 Å². The summed E-state index contributed by atoms with van der Waals surface area (Å²) in [6, 6.07) is 0. The van der Waals surface area contributed by atoms with Gasteiger partial charge in [-0.2, -0.15) is 0 Å². The van der Waals surface area contributed by atoms with Gasteiger partial charge in [-0.1, -0.05) is 59.6 Å². The molecule has 20 heavy (non-hydrogen) atoms. The highest BCUT2D eigenvalue weighted by Crippen LogP contribution is 2.30. The van der Waals surface area contributed by atoms with Crippen LogP contribution in [0.15, 0.2) is 12.2 Å². The van der Waals surface area contributed by atoms with E-state index in [9.17, 15) is 4.79 Å². The van der Waals surface area contributed by atoms with E-state index in [-0.39, 0.29) is 16.8 Å². The second-order valence-corrected chi connectivity index (χ2v) is 7.07. The first-order valence-corrected chi connectivity index (χ1v) is 8.08. The highest BCUT2D eigenvalue weighted by Gasteiger charge is 2.18. The summed E-state index contributed by atoms with van der Waals surface area (Å²) >= 11 is 0. The van der Waals surface area contributed by atoms with Gasteiger partial charge in [-0.05, 0) is 37.0 Å². The number of rotatable bonds is 10. The van der Waals surface area contributed by atoms with E-state index in [2.05, 4.69) is 46.8 Å². The molecule has 118 valence electrons. The molecule has 0 bridgehead atoms. The predicted molar refractivity (Wildman–Crippen MR) is 86.7 cm³/mol. The first kappa shape index (κ1) is 19.2. The number of allylic oxidation sites excluding steroid dienone is 2. The Kier molecular flexibility index (Phi) is 8.84. The van der Waals surface area contributed by atoms with Crippen molar-refractivity contribution in [2.24, 2.45) is 10.8 Å². The fourth-order valence-electron chi connectivity index (χ4n) is 2.17. The minimum Gasteiger partial charge on any atom is -0.466 e. The van der Waals surface area contributed by atoms with Crippen molar-refractivity contribution in [3.05, 3.63) is 12.2 Å². The summed E-state index contributed by atoms with van der Waals surface area (Å²) in [4.78, 5) is 11.3. The van der Waals surface area contributed by atoms with E-state index >= 15 is 0 Å². The molecule has 0 aliphatic rings. The second-order valence-electron chi connectivity index (χ2n) is 7.07. The Morgan fingerprint density at radius 2 is 1.45 bits per heavy atom. The van der Waals surface area contributed by atoms with Crippen LogP contribution < -0.4 is 0 Å². The number of unbranched alkanes of at least 4 members (excludes halogenated alkanes) is 1. The average molecular weight is 282 g/mol. The summed E-state index contributed by atoms with van der Waals surface area (Å²) in [6.07, 6.45) is 10.9. The van der Waals surface area contributed by atoms with E-state index in [4.69, 9.17) is 4.74 Å². The fraction of sp³-hybridized carbons (Fsp3) is 0.833. The second kappa shape index (κ2) is 9.20. The molecule has 0 N–H and O–H groups in total. The van der Waals surface area contributed by atoms with E-state index < -0.39 is 0 Å². The van der Waals surface area contributed by atoms with E-state index in [1.807, 2.05) is 6.92 Å². The standard InChI is InChI=1S/C18H34O2/c1-7-9-12-17(3,4)14-15-18(5,6)13-10-11-16(19)20-8-2/h14-15H,7-13H2,1-6H3/b15-14-. The van der Waals surface area contributed by atoms with Crippen LogP contribution in [0.5, 0.6) is 0 Å². The summed E-state index contributed by atoms with van der Waals surface area (Å²) < 4.78 is 4.96. The summed E-state index contributed by atoms with van der Waals surface area (Å²) in [5, 5.41) is 0. The zero-order valence-corrected chi connectivity index (χ0v) is 14.4. The molecule has 0 aliphatic heterocycles. The Labute approximate surface area is 126 Å². The van der Waals surface area contributed by atoms with Crippen LogP contribution in [0.2, 0.25) is 0 Å². The van der Waals surface area contributed by atoms with Crippen LogP contribution in [-0.4, -0.2) is 12.6 Å². The van der Waals surface area contributed by atoms with E-state index in [1.165, 1.54) is 19.3 Å². The van der Waals surface area contributed by atoms with Gasteiger partial charge in [-0.15, -0.1) is 0 Å². The lowest BCUT2D eigenvalue weighted by Gasteiger charge is -2.25. The molecule has 0 aromatic heterocycles. The van der Waals surface area contributed by atoms with Crippen molar-refractivity contribution in [3.63, 3.8) is 0 Å². The molecule has 2 heteroatoms. The molecule has 0 radical (unpaired) electrons. The largest absolute Gasteiger partial charge is 0.466 e. The molecule has 0 aromatic rings. The smallest absolute Gasteiger partial charge is 0.305 e. The summed E-state index contributed by atoms with van der Waals surface area (Å²) in [7, 11) is 0. The van der Waals surface area contributed by atoms with Gasteiger partial charge >= 0.3 is 5.97 Å². The number of hydrogen-bond donors (Lipinski definition) is 0. The zero-order chi connectivity index (χ0) is 15.6. The quantitative estimate of drug-likeness (QED) is 0.389. The molecule has 0 heterocycles. The van der Waals surface area contributed by atoms with Gasteiger partial charge in [0.15, 0.2) is 0 Å². The van der Waals surface area contributed by atoms with Crippen LogP contribution >= 0.6 is 0 Å². The molecular formula is C18H34O2. The minimum atomic E-state index is -0.0736. The molecule has 0 spiro atoms. The molecule has 0 rings (SSSR count). The van der Waals surface area contributed by atoms with Crippen molar-refractivity contribution in [1.29, 1.82) is 0 Å². The van der Waals surface area contributed by atoms with Crippen molar-refractivity contribution >= 4 is 5.97 Å². The Morgan fingerprint density at radius 1 is 0.950 bits per heavy atom. The van der Waals surface area contributed by atoms with Gasteiger partial charge in [0.05, 0.1) is 6.61 Å². The van der Waals surface area contributed by atoms with Gasteiger partial charge in [-0.3, -0.25) is 4.79 Å². The molecule has 0 aliphatic carbocycles. The monoisotopic (exact) mass is 282 g/mol. The van der Waals surface area contributed by atoms with E-state index in [1.54, 1.807) is 0 Å². The lowest BCUT2D eigenvalue weighted by atomic mass is 9.81. The number of carbonyl (C=O) groups excluding carboxylic acids is 1. The minimum absolute atomic E-state index is 0.0736. The number of ether oxygens (including phenoxy) is 1. The van der Waals surface area contributed by atoms with Crippen molar-refractivity contribution in [1.82, 2.24) is 0 Å². The maximum atomic E-state index is 11.3. The van der Waals surface area contributed by atoms with Crippen molar-refractivity contribution in [2.75, 3.05) is 6.61 Å². The molecule has 0 amide bonds. The van der Waals surface area contributed by atoms with Crippen LogP contribution in [0.25, 0.3) is 0 Å². The summed E-state index contributed by atoms with van der Waals surface area (Å²) in [5.74, 6) is -0.0736. The maximum absolute atomic E-state index is 11.3. The average Bonchev–Trinajstić information content (AvgIpc) is 2.35. The van der Waals surface area contributed by atoms with Gasteiger partial charge < -0.3 is 4.74 Å². The predicted octanol–water partition coefficient (Wildman–Crippen LogP) is 5.52. The fourth-order valence-corrected chi connectivity index (χ4v) is 2.17. The van der Waals surface area contributed by atoms with Crippen LogP contribution in [0.4, 0.5) is 0 Å². The van der Waals surface area contributed by atoms with Crippen LogP contribution in [0.1, 0.15) is 80.1 Å². The number of carbonyl (C=O) groups is 1. The van der Waals surface area contributed by atoms with E-state index in [0.717, 1.165) is 12.8 Å². The maximum Gasteiger partial charge on any atom is 0.305 e. The van der Waals surface area contributed by atoms with Crippen LogP contribution in [-0.2, 0) is 9.53 Å². The van der Waals surface area contributed by atoms with Gasteiger partial charge in [-0.25, -0.2) is 0 Å². The van der Waals surface area contributed by atoms with Gasteiger partial charge in [0.1, 0.15) is 0 Å². The highest BCUT2D eigenvalue weighted by atomic mass is 16.5. The molecular weight excluding hydrogens is 248 g/mol. The molecule has 0 fully saturated rings. The Morgan fingerprint density at radius 3 is 1.90 bits per heavy atom. The topological polar surface area (TPSA) is 26.3 Å². The lowest BCUT2D eigenvalue weighted by Crippen LogP contribution is -2.13. The lowest BCUT2D eigenvalue weighted by molar-refractivity contribution is -0.143. The SMILES string of the molecule is CCCCC(C)(C)/C=C\C(C)(C)CCCC(=O)OCC. The van der Waals surface area contributed by atoms with Crippen LogP contribution in [0, 0.1) is 10.8 Å². The van der Waals surface area contributed by atoms with Crippen molar-refractivity contribution in [3.8, 4) is 0 Å². The zero-order valence-electron chi connectivity index (χ0n) is 14.4. The van der Waals surface area contributed by atoms with Crippen LogP contribution in [0.3, 0.4) is 0 Å². The summed E-state index contributed by atoms with van der Waals surface area (Å²) in [5.41, 5.74) is 0.421.